The fourth-order valence-electron chi connectivity index (χ4n) is 4.03. The molecule has 12 heteroatoms. The lowest BCUT2D eigenvalue weighted by molar-refractivity contribution is -0.137. The maximum absolute atomic E-state index is 13.6. The van der Waals surface area contributed by atoms with Crippen LogP contribution in [0.4, 0.5) is 23.7 Å². The molecule has 1 aliphatic rings. The second-order valence-corrected chi connectivity index (χ2v) is 10.3. The SMILES string of the molecule is CCOC(=O)N1c2ccc(C(F)(F)F)cc2[C@@H](c2ncc(Br)c(C(=O)OC(C)(C)C)n2)C[C@@]1(N)CC. The Balaban J connectivity index is 2.22. The summed E-state index contributed by atoms with van der Waals surface area (Å²) in [6.45, 7) is 8.54. The van der Waals surface area contributed by atoms with Gasteiger partial charge in [0.2, 0.25) is 0 Å². The Kier molecular flexibility index (Phi) is 7.71. The second-order valence-electron chi connectivity index (χ2n) is 9.45. The summed E-state index contributed by atoms with van der Waals surface area (Å²) < 4.78 is 51.8. The first-order valence-electron chi connectivity index (χ1n) is 11.3. The molecule has 1 aromatic heterocycles. The summed E-state index contributed by atoms with van der Waals surface area (Å²) in [5.74, 6) is -1.50. The number of halogens is 4. The third kappa shape index (κ3) is 5.64. The van der Waals surface area contributed by atoms with Gasteiger partial charge in [-0.15, -0.1) is 0 Å². The molecule has 3 rings (SSSR count). The Labute approximate surface area is 215 Å². The number of hydrogen-bond donors (Lipinski definition) is 1. The van der Waals surface area contributed by atoms with E-state index in [-0.39, 0.29) is 46.7 Å². The lowest BCUT2D eigenvalue weighted by Gasteiger charge is -2.46. The molecule has 2 heterocycles. The lowest BCUT2D eigenvalue weighted by Crippen LogP contribution is -2.61. The zero-order chi connectivity index (χ0) is 27.1. The van der Waals surface area contributed by atoms with Gasteiger partial charge in [0.15, 0.2) is 5.69 Å². The Bertz CT molecular complexity index is 1170. The number of benzene rings is 1. The van der Waals surface area contributed by atoms with Crippen LogP contribution in [0.1, 0.15) is 80.8 Å². The molecule has 2 atom stereocenters. The highest BCUT2D eigenvalue weighted by Crippen LogP contribution is 2.47. The predicted molar refractivity (Wildman–Crippen MR) is 130 cm³/mol. The van der Waals surface area contributed by atoms with Crippen LogP contribution in [-0.2, 0) is 15.7 Å². The minimum Gasteiger partial charge on any atom is -0.455 e. The first-order chi connectivity index (χ1) is 16.6. The fourth-order valence-corrected chi connectivity index (χ4v) is 4.38. The van der Waals surface area contributed by atoms with E-state index in [2.05, 4.69) is 25.9 Å². The van der Waals surface area contributed by atoms with E-state index in [0.29, 0.717) is 0 Å². The number of fused-ring (bicyclic) bond motifs is 1. The Morgan fingerprint density at radius 1 is 1.25 bits per heavy atom. The van der Waals surface area contributed by atoms with Crippen LogP contribution in [0.3, 0.4) is 0 Å². The van der Waals surface area contributed by atoms with Crippen LogP contribution in [0.5, 0.6) is 0 Å². The molecule has 1 aromatic carbocycles. The van der Waals surface area contributed by atoms with Gasteiger partial charge in [-0.25, -0.2) is 19.6 Å². The lowest BCUT2D eigenvalue weighted by atomic mass is 9.80. The van der Waals surface area contributed by atoms with E-state index in [1.807, 2.05) is 0 Å². The number of carbonyl (C=O) groups excluding carboxylic acids is 2. The molecule has 0 spiro atoms. The molecule has 0 saturated carbocycles. The van der Waals surface area contributed by atoms with Crippen molar-refractivity contribution < 1.29 is 32.2 Å². The van der Waals surface area contributed by atoms with Crippen LogP contribution >= 0.6 is 15.9 Å². The summed E-state index contributed by atoms with van der Waals surface area (Å²) in [7, 11) is 0. The summed E-state index contributed by atoms with van der Waals surface area (Å²) in [4.78, 5) is 35.5. The summed E-state index contributed by atoms with van der Waals surface area (Å²) in [5, 5.41) is 0. The van der Waals surface area contributed by atoms with Crippen LogP contribution in [0.15, 0.2) is 28.9 Å². The van der Waals surface area contributed by atoms with Crippen LogP contribution in [-0.4, -0.2) is 39.9 Å². The van der Waals surface area contributed by atoms with Gasteiger partial charge in [-0.3, -0.25) is 4.90 Å². The van der Waals surface area contributed by atoms with Crippen molar-refractivity contribution in [1.82, 2.24) is 9.97 Å². The molecule has 0 unspecified atom stereocenters. The van der Waals surface area contributed by atoms with Crippen molar-refractivity contribution in [1.29, 1.82) is 0 Å². The maximum atomic E-state index is 13.6. The van der Waals surface area contributed by atoms with Gasteiger partial charge >= 0.3 is 18.2 Å². The monoisotopic (exact) mass is 572 g/mol. The van der Waals surface area contributed by atoms with E-state index in [1.165, 1.54) is 17.2 Å². The third-order valence-corrected chi connectivity index (χ3v) is 6.28. The average molecular weight is 573 g/mol. The Morgan fingerprint density at radius 3 is 2.47 bits per heavy atom. The van der Waals surface area contributed by atoms with Crippen LogP contribution < -0.4 is 10.6 Å². The topological polar surface area (TPSA) is 108 Å². The number of rotatable bonds is 4. The standard InChI is InChI=1S/C24H28BrF3N4O4/c1-6-23(29)11-15(19-30-12-16(25)18(31-19)20(33)36-22(3,4)5)14-10-13(24(26,27)28)8-9-17(14)32(23)21(34)35-7-2/h8-10,12,15H,6-7,11,29H2,1-5H3/t15-,23+/m0/s1. The van der Waals surface area contributed by atoms with E-state index in [1.54, 1.807) is 34.6 Å². The molecular weight excluding hydrogens is 545 g/mol. The molecule has 0 saturated heterocycles. The van der Waals surface area contributed by atoms with Crippen molar-refractivity contribution in [2.45, 2.75) is 70.8 Å². The number of amides is 1. The third-order valence-electron chi connectivity index (χ3n) is 5.70. The van der Waals surface area contributed by atoms with Gasteiger partial charge in [-0.2, -0.15) is 13.2 Å². The van der Waals surface area contributed by atoms with E-state index >= 15 is 0 Å². The molecule has 0 bridgehead atoms. The molecule has 2 aromatic rings. The van der Waals surface area contributed by atoms with Gasteiger partial charge in [-0.1, -0.05) is 6.92 Å². The quantitative estimate of drug-likeness (QED) is 0.463. The molecule has 1 aliphatic heterocycles. The van der Waals surface area contributed by atoms with Gasteiger partial charge in [0.05, 0.1) is 22.3 Å². The van der Waals surface area contributed by atoms with Crippen LogP contribution in [0.2, 0.25) is 0 Å². The van der Waals surface area contributed by atoms with Crippen LogP contribution in [0, 0.1) is 0 Å². The van der Waals surface area contributed by atoms with E-state index in [4.69, 9.17) is 15.2 Å². The summed E-state index contributed by atoms with van der Waals surface area (Å²) in [6, 6.07) is 3.05. The number of anilines is 1. The smallest absolute Gasteiger partial charge is 0.416 e. The molecule has 8 nitrogen and oxygen atoms in total. The number of alkyl halides is 3. The van der Waals surface area contributed by atoms with Crippen molar-refractivity contribution in [3.05, 3.63) is 51.5 Å². The van der Waals surface area contributed by atoms with Gasteiger partial charge < -0.3 is 15.2 Å². The fraction of sp³-hybridized carbons (Fsp3) is 0.500. The summed E-state index contributed by atoms with van der Waals surface area (Å²) in [5.41, 5.74) is 3.88. The van der Waals surface area contributed by atoms with Crippen molar-refractivity contribution in [2.24, 2.45) is 5.73 Å². The molecule has 0 radical (unpaired) electrons. The minimum absolute atomic E-state index is 0.00792. The average Bonchev–Trinajstić information content (AvgIpc) is 2.76. The number of nitrogens with two attached hydrogens (primary N) is 1. The highest BCUT2D eigenvalue weighted by atomic mass is 79.9. The number of carbonyl (C=O) groups is 2. The zero-order valence-corrected chi connectivity index (χ0v) is 22.2. The Hall–Kier alpha value is -2.73. The van der Waals surface area contributed by atoms with Crippen molar-refractivity contribution in [2.75, 3.05) is 11.5 Å². The van der Waals surface area contributed by atoms with Gasteiger partial charge in [0.25, 0.3) is 0 Å². The maximum Gasteiger partial charge on any atom is 0.416 e. The number of esters is 1. The highest BCUT2D eigenvalue weighted by Gasteiger charge is 2.47. The molecule has 196 valence electrons. The number of nitrogens with zero attached hydrogens (tertiary/aromatic N) is 3. The van der Waals surface area contributed by atoms with Crippen molar-refractivity contribution >= 4 is 33.7 Å². The summed E-state index contributed by atoms with van der Waals surface area (Å²) in [6.07, 6.45) is -3.80. The highest BCUT2D eigenvalue weighted by molar-refractivity contribution is 9.10. The number of hydrogen-bond acceptors (Lipinski definition) is 7. The molecule has 36 heavy (non-hydrogen) atoms. The number of aromatic nitrogens is 2. The van der Waals surface area contributed by atoms with E-state index in [0.717, 1.165) is 12.1 Å². The molecule has 2 N–H and O–H groups in total. The van der Waals surface area contributed by atoms with Gasteiger partial charge in [0, 0.05) is 12.1 Å². The summed E-state index contributed by atoms with van der Waals surface area (Å²) >= 11 is 3.25. The van der Waals surface area contributed by atoms with Gasteiger partial charge in [0.1, 0.15) is 17.1 Å². The molecular formula is C24H28BrF3N4O4. The van der Waals surface area contributed by atoms with Crippen molar-refractivity contribution in [3.63, 3.8) is 0 Å². The largest absolute Gasteiger partial charge is 0.455 e. The van der Waals surface area contributed by atoms with Gasteiger partial charge in [-0.05, 0) is 80.2 Å². The van der Waals surface area contributed by atoms with E-state index < -0.39 is 41.0 Å². The van der Waals surface area contributed by atoms with Crippen LogP contribution in [0.25, 0.3) is 0 Å². The predicted octanol–water partition coefficient (Wildman–Crippen LogP) is 5.78. The molecule has 0 fully saturated rings. The second kappa shape index (κ2) is 9.97. The van der Waals surface area contributed by atoms with E-state index in [9.17, 15) is 22.8 Å². The first-order valence-corrected chi connectivity index (χ1v) is 12.1. The Morgan fingerprint density at radius 2 is 1.92 bits per heavy atom. The molecule has 0 aliphatic carbocycles. The normalized spacial score (nSPS) is 20.1. The molecule has 1 amide bonds. The number of ether oxygens (including phenoxy) is 2. The first kappa shape index (κ1) is 27.9. The minimum atomic E-state index is -4.63. The zero-order valence-electron chi connectivity index (χ0n) is 20.6. The van der Waals surface area contributed by atoms with Crippen molar-refractivity contribution in [3.8, 4) is 0 Å².